The second-order valence-electron chi connectivity index (χ2n) is 3.30. The summed E-state index contributed by atoms with van der Waals surface area (Å²) in [5, 5.41) is 0. The minimum atomic E-state index is -2.21. The van der Waals surface area contributed by atoms with Crippen LogP contribution in [0.5, 0.6) is 0 Å². The molecule has 0 radical (unpaired) electrons. The third-order valence-electron chi connectivity index (χ3n) is 2.37. The lowest BCUT2D eigenvalue weighted by atomic mass is 9.91. The van der Waals surface area contributed by atoms with Crippen LogP contribution in [0.3, 0.4) is 0 Å². The van der Waals surface area contributed by atoms with Crippen LogP contribution in [0.1, 0.15) is 32.6 Å². The van der Waals surface area contributed by atoms with E-state index in [-0.39, 0.29) is 5.66 Å². The second-order valence-corrected chi connectivity index (χ2v) is 4.79. The fourth-order valence-corrected chi connectivity index (χ4v) is 2.33. The highest BCUT2D eigenvalue weighted by Gasteiger charge is 2.21. The summed E-state index contributed by atoms with van der Waals surface area (Å²) in [7, 11) is -2.21. The van der Waals surface area contributed by atoms with Crippen LogP contribution >= 0.6 is 8.03 Å². The predicted molar refractivity (Wildman–Crippen MR) is 42.6 cm³/mol. The molecule has 60 valence electrons. The van der Waals surface area contributed by atoms with Crippen molar-refractivity contribution in [3.05, 3.63) is 0 Å². The van der Waals surface area contributed by atoms with Gasteiger partial charge in [0.1, 0.15) is 0 Å². The Morgan fingerprint density at radius 1 is 1.30 bits per heavy atom. The van der Waals surface area contributed by atoms with Crippen LogP contribution in [-0.4, -0.2) is 10.6 Å². The van der Waals surface area contributed by atoms with Gasteiger partial charge in [0, 0.05) is 5.66 Å². The minimum Gasteiger partial charge on any atom is -0.346 e. The molecular formula is C7H15O2P. The molecule has 0 aromatic rings. The monoisotopic (exact) mass is 162 g/mol. The molecule has 1 aliphatic carbocycles. The Bertz CT molecular complexity index is 128. The molecule has 0 heterocycles. The molecule has 1 atom stereocenters. The summed E-state index contributed by atoms with van der Waals surface area (Å²) in [6.45, 7) is 2.21. The van der Waals surface area contributed by atoms with Crippen LogP contribution in [0.2, 0.25) is 0 Å². The average molecular weight is 162 g/mol. The first-order valence-corrected chi connectivity index (χ1v) is 5.36. The van der Waals surface area contributed by atoms with Crippen LogP contribution in [0.15, 0.2) is 0 Å². The molecule has 1 N–H and O–H groups in total. The molecule has 0 amide bonds. The summed E-state index contributed by atoms with van der Waals surface area (Å²) in [6, 6.07) is 0. The zero-order chi connectivity index (χ0) is 7.56. The maximum Gasteiger partial charge on any atom is 0.192 e. The lowest BCUT2D eigenvalue weighted by molar-refractivity contribution is 0.370. The van der Waals surface area contributed by atoms with Crippen molar-refractivity contribution in [1.29, 1.82) is 0 Å². The van der Waals surface area contributed by atoms with Crippen molar-refractivity contribution in [1.82, 2.24) is 0 Å². The molecule has 10 heavy (non-hydrogen) atoms. The highest BCUT2D eigenvalue weighted by molar-refractivity contribution is 7.38. The molecule has 0 spiro atoms. The molecule has 1 aliphatic rings. The first kappa shape index (κ1) is 8.29. The van der Waals surface area contributed by atoms with E-state index < -0.39 is 8.03 Å². The molecule has 0 saturated heterocycles. The van der Waals surface area contributed by atoms with Gasteiger partial charge in [-0.15, -0.1) is 0 Å². The third-order valence-corrected chi connectivity index (χ3v) is 3.64. The smallest absolute Gasteiger partial charge is 0.192 e. The normalized spacial score (nSPS) is 37.4. The Kier molecular flexibility index (Phi) is 2.94. The largest absolute Gasteiger partial charge is 0.346 e. The zero-order valence-corrected chi connectivity index (χ0v) is 7.34. The van der Waals surface area contributed by atoms with Crippen LogP contribution in [0.4, 0.5) is 0 Å². The van der Waals surface area contributed by atoms with Crippen molar-refractivity contribution in [3.63, 3.8) is 0 Å². The highest BCUT2D eigenvalue weighted by atomic mass is 31.1. The topological polar surface area (TPSA) is 37.3 Å². The summed E-state index contributed by atoms with van der Waals surface area (Å²) in [5.41, 5.74) is 0.140. The maximum absolute atomic E-state index is 10.6. The van der Waals surface area contributed by atoms with Gasteiger partial charge in [0.2, 0.25) is 0 Å². The minimum absolute atomic E-state index is 0.140. The summed E-state index contributed by atoms with van der Waals surface area (Å²) in [6.07, 6.45) is 4.22. The molecule has 2 nitrogen and oxygen atoms in total. The fraction of sp³-hybridized carbons (Fsp3) is 1.00. The van der Waals surface area contributed by atoms with Gasteiger partial charge in [0.15, 0.2) is 8.03 Å². The van der Waals surface area contributed by atoms with E-state index in [0.717, 1.165) is 31.6 Å². The zero-order valence-electron chi connectivity index (χ0n) is 6.34. The van der Waals surface area contributed by atoms with Crippen LogP contribution in [0, 0.1) is 5.92 Å². The Hall–Kier alpha value is 0.190. The summed E-state index contributed by atoms with van der Waals surface area (Å²) in [5.74, 6) is 0.776. The lowest BCUT2D eigenvalue weighted by Crippen LogP contribution is -2.13. The summed E-state index contributed by atoms with van der Waals surface area (Å²) in [4.78, 5) is 8.81. The third kappa shape index (κ3) is 2.10. The molecule has 1 fully saturated rings. The van der Waals surface area contributed by atoms with E-state index in [1.807, 2.05) is 0 Å². The number of hydrogen-bond donors (Lipinski definition) is 1. The number of rotatable bonds is 1. The SMILES string of the molecule is CC1CCC([PH](=O)O)CC1. The van der Waals surface area contributed by atoms with E-state index >= 15 is 0 Å². The maximum atomic E-state index is 10.6. The van der Waals surface area contributed by atoms with E-state index in [2.05, 4.69) is 6.92 Å². The van der Waals surface area contributed by atoms with Crippen molar-refractivity contribution < 1.29 is 9.46 Å². The van der Waals surface area contributed by atoms with Gasteiger partial charge in [-0.05, 0) is 31.6 Å². The van der Waals surface area contributed by atoms with Crippen LogP contribution in [-0.2, 0) is 4.57 Å². The van der Waals surface area contributed by atoms with Gasteiger partial charge < -0.3 is 4.89 Å². The van der Waals surface area contributed by atoms with Gasteiger partial charge in [0.05, 0.1) is 0 Å². The Morgan fingerprint density at radius 3 is 2.20 bits per heavy atom. The van der Waals surface area contributed by atoms with E-state index in [0.29, 0.717) is 0 Å². The Morgan fingerprint density at radius 2 is 1.80 bits per heavy atom. The van der Waals surface area contributed by atoms with Crippen molar-refractivity contribution in [2.75, 3.05) is 0 Å². The standard InChI is InChI=1S/C7H15O2P/c1-6-2-4-7(5-3-6)10(8)9/h6-7,10H,2-5H2,1H3,(H,8,9). The van der Waals surface area contributed by atoms with E-state index in [1.165, 1.54) is 0 Å². The first-order chi connectivity index (χ1) is 4.70. The lowest BCUT2D eigenvalue weighted by Gasteiger charge is -2.23. The fourth-order valence-electron chi connectivity index (χ4n) is 1.51. The van der Waals surface area contributed by atoms with Crippen LogP contribution < -0.4 is 0 Å². The molecule has 0 bridgehead atoms. The predicted octanol–water partition coefficient (Wildman–Crippen LogP) is 2.03. The molecule has 0 aromatic heterocycles. The summed E-state index contributed by atoms with van der Waals surface area (Å²) < 4.78 is 10.6. The molecular weight excluding hydrogens is 147 g/mol. The highest BCUT2D eigenvalue weighted by Crippen LogP contribution is 2.36. The van der Waals surface area contributed by atoms with Crippen LogP contribution in [0.25, 0.3) is 0 Å². The molecule has 0 aliphatic heterocycles. The van der Waals surface area contributed by atoms with Gasteiger partial charge in [-0.2, -0.15) is 0 Å². The van der Waals surface area contributed by atoms with Crippen molar-refractivity contribution >= 4 is 8.03 Å². The van der Waals surface area contributed by atoms with Crippen molar-refractivity contribution in [2.45, 2.75) is 38.3 Å². The Balaban J connectivity index is 2.33. The molecule has 1 unspecified atom stereocenters. The number of hydrogen-bond acceptors (Lipinski definition) is 1. The van der Waals surface area contributed by atoms with Crippen molar-refractivity contribution in [2.24, 2.45) is 5.92 Å². The van der Waals surface area contributed by atoms with E-state index in [4.69, 9.17) is 4.89 Å². The molecule has 1 rings (SSSR count). The molecule has 3 heteroatoms. The van der Waals surface area contributed by atoms with E-state index in [1.54, 1.807) is 0 Å². The Labute approximate surface area is 62.5 Å². The van der Waals surface area contributed by atoms with Gasteiger partial charge in [0.25, 0.3) is 0 Å². The molecule has 0 aromatic carbocycles. The first-order valence-electron chi connectivity index (χ1n) is 3.93. The summed E-state index contributed by atoms with van der Waals surface area (Å²) >= 11 is 0. The van der Waals surface area contributed by atoms with E-state index in [9.17, 15) is 4.57 Å². The average Bonchev–Trinajstić information content (AvgIpc) is 1.88. The van der Waals surface area contributed by atoms with Gasteiger partial charge >= 0.3 is 0 Å². The second kappa shape index (κ2) is 3.54. The quantitative estimate of drug-likeness (QED) is 0.599. The van der Waals surface area contributed by atoms with Gasteiger partial charge in [-0.25, -0.2) is 0 Å². The molecule has 1 saturated carbocycles. The van der Waals surface area contributed by atoms with Crippen molar-refractivity contribution in [3.8, 4) is 0 Å². The van der Waals surface area contributed by atoms with Gasteiger partial charge in [-0.1, -0.05) is 6.92 Å². The van der Waals surface area contributed by atoms with Gasteiger partial charge in [-0.3, -0.25) is 4.57 Å².